The Morgan fingerprint density at radius 3 is 2.78 bits per heavy atom. The van der Waals surface area contributed by atoms with E-state index in [0.29, 0.717) is 12.4 Å². The fraction of sp³-hybridized carbons (Fsp3) is 0.545. The summed E-state index contributed by atoms with van der Waals surface area (Å²) in [5, 5.41) is 6.89. The molecule has 0 spiro atoms. The Kier molecular flexibility index (Phi) is 5.69. The lowest BCUT2D eigenvalue weighted by atomic mass is 10.0. The second kappa shape index (κ2) is 8.78. The molecule has 1 amide bonds. The molecular formula is C22H29N9O. The number of imidazole rings is 1. The highest BCUT2D eigenvalue weighted by Gasteiger charge is 2.32. The molecule has 0 aliphatic carbocycles. The van der Waals surface area contributed by atoms with Gasteiger partial charge in [-0.25, -0.2) is 24.9 Å². The third-order valence-electron chi connectivity index (χ3n) is 6.34. The Hall–Kier alpha value is -3.14. The molecule has 2 fully saturated rings. The molecule has 168 valence electrons. The SMILES string of the molecule is CCn1c(-c2cnc(C)nc2)nc2c(N[C@H]3CCN(C(=O)C4CCCCN4)C3)ncnc21. The summed E-state index contributed by atoms with van der Waals surface area (Å²) in [5.41, 5.74) is 2.35. The van der Waals surface area contributed by atoms with Crippen LogP contribution in [0.5, 0.6) is 0 Å². The fourth-order valence-electron chi connectivity index (χ4n) is 4.62. The van der Waals surface area contributed by atoms with E-state index in [0.717, 1.165) is 73.7 Å². The van der Waals surface area contributed by atoms with E-state index in [-0.39, 0.29) is 18.0 Å². The summed E-state index contributed by atoms with van der Waals surface area (Å²) in [6.07, 6.45) is 9.23. The molecule has 2 saturated heterocycles. The smallest absolute Gasteiger partial charge is 0.239 e. The van der Waals surface area contributed by atoms with Crippen molar-refractivity contribution in [3.8, 4) is 11.4 Å². The van der Waals surface area contributed by atoms with Crippen molar-refractivity contribution < 1.29 is 4.79 Å². The van der Waals surface area contributed by atoms with Crippen LogP contribution in [0.15, 0.2) is 18.7 Å². The highest BCUT2D eigenvalue weighted by molar-refractivity contribution is 5.86. The van der Waals surface area contributed by atoms with Crippen LogP contribution in [0, 0.1) is 6.92 Å². The Bertz CT molecular complexity index is 1100. The minimum absolute atomic E-state index is 0.0344. The molecule has 32 heavy (non-hydrogen) atoms. The van der Waals surface area contributed by atoms with Gasteiger partial charge in [-0.3, -0.25) is 4.79 Å². The number of aromatic nitrogens is 6. The minimum Gasteiger partial charge on any atom is -0.364 e. The van der Waals surface area contributed by atoms with Gasteiger partial charge in [0, 0.05) is 38.1 Å². The third-order valence-corrected chi connectivity index (χ3v) is 6.34. The van der Waals surface area contributed by atoms with Crippen LogP contribution < -0.4 is 10.6 Å². The number of carbonyl (C=O) groups excluding carboxylic acids is 1. The largest absolute Gasteiger partial charge is 0.364 e. The molecule has 2 aliphatic rings. The third kappa shape index (κ3) is 3.90. The average Bonchev–Trinajstić information content (AvgIpc) is 3.45. The molecule has 0 bridgehead atoms. The number of carbonyl (C=O) groups is 1. The van der Waals surface area contributed by atoms with Gasteiger partial charge in [-0.15, -0.1) is 0 Å². The lowest BCUT2D eigenvalue weighted by Gasteiger charge is -2.27. The molecule has 3 aromatic rings. The van der Waals surface area contributed by atoms with E-state index in [1.165, 1.54) is 0 Å². The van der Waals surface area contributed by atoms with E-state index >= 15 is 0 Å². The Labute approximate surface area is 186 Å². The Morgan fingerprint density at radius 1 is 1.19 bits per heavy atom. The fourth-order valence-corrected chi connectivity index (χ4v) is 4.62. The van der Waals surface area contributed by atoms with E-state index in [1.54, 1.807) is 18.7 Å². The highest BCUT2D eigenvalue weighted by atomic mass is 16.2. The number of fused-ring (bicyclic) bond motifs is 1. The molecule has 5 rings (SSSR count). The summed E-state index contributed by atoms with van der Waals surface area (Å²) >= 11 is 0. The number of hydrogen-bond donors (Lipinski definition) is 2. The Balaban J connectivity index is 1.37. The van der Waals surface area contributed by atoms with E-state index in [2.05, 4.69) is 42.1 Å². The monoisotopic (exact) mass is 435 g/mol. The van der Waals surface area contributed by atoms with Gasteiger partial charge in [-0.05, 0) is 39.7 Å². The molecule has 0 aromatic carbocycles. The summed E-state index contributed by atoms with van der Waals surface area (Å²) in [5.74, 6) is 2.42. The summed E-state index contributed by atoms with van der Waals surface area (Å²) in [6.45, 7) is 7.01. The number of aryl methyl sites for hydroxylation is 2. The number of likely N-dealkylation sites (tertiary alicyclic amines) is 1. The van der Waals surface area contributed by atoms with Crippen molar-refractivity contribution in [3.05, 3.63) is 24.5 Å². The molecule has 2 atom stereocenters. The van der Waals surface area contributed by atoms with E-state index in [9.17, 15) is 4.79 Å². The lowest BCUT2D eigenvalue weighted by Crippen LogP contribution is -2.48. The lowest BCUT2D eigenvalue weighted by molar-refractivity contribution is -0.132. The van der Waals surface area contributed by atoms with Gasteiger partial charge in [0.05, 0.1) is 11.6 Å². The second-order valence-electron chi connectivity index (χ2n) is 8.51. The second-order valence-corrected chi connectivity index (χ2v) is 8.51. The quantitative estimate of drug-likeness (QED) is 0.623. The van der Waals surface area contributed by atoms with Crippen molar-refractivity contribution in [3.63, 3.8) is 0 Å². The first kappa shape index (κ1) is 20.7. The molecule has 3 aromatic heterocycles. The minimum atomic E-state index is -0.0344. The van der Waals surface area contributed by atoms with Gasteiger partial charge in [-0.1, -0.05) is 6.42 Å². The number of amides is 1. The number of nitrogens with one attached hydrogen (secondary N) is 2. The van der Waals surface area contributed by atoms with Gasteiger partial charge >= 0.3 is 0 Å². The van der Waals surface area contributed by atoms with Gasteiger partial charge in [0.2, 0.25) is 5.91 Å². The van der Waals surface area contributed by atoms with Gasteiger partial charge in [0.1, 0.15) is 18.0 Å². The zero-order chi connectivity index (χ0) is 22.1. The van der Waals surface area contributed by atoms with Crippen LogP contribution >= 0.6 is 0 Å². The number of hydrogen-bond acceptors (Lipinski definition) is 8. The number of anilines is 1. The highest BCUT2D eigenvalue weighted by Crippen LogP contribution is 2.27. The first-order valence-corrected chi connectivity index (χ1v) is 11.4. The van der Waals surface area contributed by atoms with Gasteiger partial charge in [0.15, 0.2) is 17.0 Å². The van der Waals surface area contributed by atoms with Gasteiger partial charge in [-0.2, -0.15) is 0 Å². The number of rotatable bonds is 5. The predicted molar refractivity (Wildman–Crippen MR) is 121 cm³/mol. The standard InChI is InChI=1S/C22H29N9O/c1-3-31-20(15-10-24-14(2)25-11-15)29-18-19(26-13-27-21(18)31)28-16-7-9-30(12-16)22(32)17-6-4-5-8-23-17/h10-11,13,16-17,23H,3-9,12H2,1-2H3,(H,26,27,28)/t16-,17?/m0/s1. The van der Waals surface area contributed by atoms with Crippen LogP contribution in [0.2, 0.25) is 0 Å². The first-order chi connectivity index (χ1) is 15.6. The van der Waals surface area contributed by atoms with Crippen molar-refractivity contribution >= 4 is 22.9 Å². The molecule has 10 heteroatoms. The molecule has 0 radical (unpaired) electrons. The summed E-state index contributed by atoms with van der Waals surface area (Å²) in [7, 11) is 0. The molecular weight excluding hydrogens is 406 g/mol. The van der Waals surface area contributed by atoms with Gasteiger partial charge < -0.3 is 20.1 Å². The van der Waals surface area contributed by atoms with Crippen LogP contribution in [0.1, 0.15) is 38.4 Å². The van der Waals surface area contributed by atoms with Crippen LogP contribution in [-0.2, 0) is 11.3 Å². The maximum Gasteiger partial charge on any atom is 0.239 e. The summed E-state index contributed by atoms with van der Waals surface area (Å²) < 4.78 is 2.05. The predicted octanol–water partition coefficient (Wildman–Crippen LogP) is 1.77. The van der Waals surface area contributed by atoms with Crippen molar-refractivity contribution in [2.45, 2.75) is 58.2 Å². The summed E-state index contributed by atoms with van der Waals surface area (Å²) in [6, 6.07) is 0.103. The van der Waals surface area contributed by atoms with Crippen LogP contribution in [0.4, 0.5) is 5.82 Å². The zero-order valence-electron chi connectivity index (χ0n) is 18.6. The van der Waals surface area contributed by atoms with Crippen molar-refractivity contribution in [2.24, 2.45) is 0 Å². The topological polar surface area (TPSA) is 114 Å². The van der Waals surface area contributed by atoms with Crippen LogP contribution in [0.3, 0.4) is 0 Å². The molecule has 2 N–H and O–H groups in total. The molecule has 10 nitrogen and oxygen atoms in total. The molecule has 2 aliphatic heterocycles. The maximum atomic E-state index is 12.9. The first-order valence-electron chi connectivity index (χ1n) is 11.4. The maximum absolute atomic E-state index is 12.9. The van der Waals surface area contributed by atoms with Crippen LogP contribution in [0.25, 0.3) is 22.6 Å². The normalized spacial score (nSPS) is 21.2. The molecule has 1 unspecified atom stereocenters. The average molecular weight is 436 g/mol. The Morgan fingerprint density at radius 2 is 2.03 bits per heavy atom. The van der Waals surface area contributed by atoms with E-state index in [1.807, 2.05) is 11.8 Å². The van der Waals surface area contributed by atoms with E-state index in [4.69, 9.17) is 4.98 Å². The number of piperidine rings is 1. The van der Waals surface area contributed by atoms with E-state index < -0.39 is 0 Å². The summed E-state index contributed by atoms with van der Waals surface area (Å²) in [4.78, 5) is 37.3. The molecule has 0 saturated carbocycles. The van der Waals surface area contributed by atoms with Crippen molar-refractivity contribution in [1.82, 2.24) is 39.7 Å². The number of nitrogens with zero attached hydrogens (tertiary/aromatic N) is 7. The van der Waals surface area contributed by atoms with Gasteiger partial charge in [0.25, 0.3) is 0 Å². The van der Waals surface area contributed by atoms with Crippen molar-refractivity contribution in [1.29, 1.82) is 0 Å². The van der Waals surface area contributed by atoms with Crippen LogP contribution in [-0.4, -0.2) is 72.0 Å². The zero-order valence-corrected chi connectivity index (χ0v) is 18.6. The van der Waals surface area contributed by atoms with Crippen molar-refractivity contribution in [2.75, 3.05) is 25.0 Å². The molecule has 5 heterocycles.